The van der Waals surface area contributed by atoms with Gasteiger partial charge in [-0.2, -0.15) is 0 Å². The summed E-state index contributed by atoms with van der Waals surface area (Å²) < 4.78 is 10.9. The standard InChI is InChI=1S/C16H16O4/c1-8-7-11-13(9(2)20-8)16(18)14-10(15(11)17)5-4-6-12(14)19-3/h4-6,8-9H,7H2,1-3H3/t8-,9-/m1/s1. The minimum absolute atomic E-state index is 0.0485. The summed E-state index contributed by atoms with van der Waals surface area (Å²) in [4.78, 5) is 25.4. The normalized spacial score (nSPS) is 25.4. The van der Waals surface area contributed by atoms with Crippen molar-refractivity contribution in [3.63, 3.8) is 0 Å². The van der Waals surface area contributed by atoms with Crippen molar-refractivity contribution in [3.05, 3.63) is 40.5 Å². The van der Waals surface area contributed by atoms with E-state index in [9.17, 15) is 9.59 Å². The number of ketones is 2. The van der Waals surface area contributed by atoms with Gasteiger partial charge in [-0.15, -0.1) is 0 Å². The van der Waals surface area contributed by atoms with Crippen molar-refractivity contribution in [2.45, 2.75) is 32.5 Å². The minimum Gasteiger partial charge on any atom is -0.496 e. The molecule has 1 aliphatic carbocycles. The van der Waals surface area contributed by atoms with Crippen LogP contribution in [0, 0.1) is 0 Å². The van der Waals surface area contributed by atoms with Gasteiger partial charge in [0, 0.05) is 23.1 Å². The molecule has 0 fully saturated rings. The van der Waals surface area contributed by atoms with Crippen LogP contribution in [0.5, 0.6) is 5.75 Å². The topological polar surface area (TPSA) is 52.6 Å². The van der Waals surface area contributed by atoms with Gasteiger partial charge in [0.1, 0.15) is 5.75 Å². The second kappa shape index (κ2) is 4.56. The van der Waals surface area contributed by atoms with Crippen LogP contribution in [0.1, 0.15) is 41.0 Å². The Morgan fingerprint density at radius 1 is 1.20 bits per heavy atom. The van der Waals surface area contributed by atoms with Crippen LogP contribution < -0.4 is 4.74 Å². The van der Waals surface area contributed by atoms with Gasteiger partial charge in [0.25, 0.3) is 0 Å². The molecule has 1 aromatic carbocycles. The Morgan fingerprint density at radius 3 is 2.65 bits per heavy atom. The van der Waals surface area contributed by atoms with E-state index in [2.05, 4.69) is 0 Å². The van der Waals surface area contributed by atoms with E-state index in [1.54, 1.807) is 18.2 Å². The number of carbonyl (C=O) groups is 2. The van der Waals surface area contributed by atoms with E-state index in [1.807, 2.05) is 13.8 Å². The van der Waals surface area contributed by atoms with Crippen molar-refractivity contribution in [1.82, 2.24) is 0 Å². The molecule has 0 radical (unpaired) electrons. The van der Waals surface area contributed by atoms with Crippen molar-refractivity contribution < 1.29 is 19.1 Å². The average molecular weight is 272 g/mol. The Morgan fingerprint density at radius 2 is 1.95 bits per heavy atom. The summed E-state index contributed by atoms with van der Waals surface area (Å²) in [5, 5.41) is 0. The molecule has 0 amide bonds. The van der Waals surface area contributed by atoms with Crippen molar-refractivity contribution in [3.8, 4) is 5.75 Å². The summed E-state index contributed by atoms with van der Waals surface area (Å²) in [5.41, 5.74) is 1.89. The lowest BCUT2D eigenvalue weighted by atomic mass is 9.78. The molecule has 4 heteroatoms. The fourth-order valence-corrected chi connectivity index (χ4v) is 3.07. The number of Topliss-reactive ketones (excluding diaryl/α,β-unsaturated/α-hetero) is 2. The highest BCUT2D eigenvalue weighted by atomic mass is 16.5. The van der Waals surface area contributed by atoms with Crippen molar-refractivity contribution >= 4 is 11.6 Å². The van der Waals surface area contributed by atoms with Gasteiger partial charge in [-0.1, -0.05) is 12.1 Å². The summed E-state index contributed by atoms with van der Waals surface area (Å²) in [6.07, 6.45) is 0.0804. The van der Waals surface area contributed by atoms with Crippen LogP contribution in [-0.2, 0) is 4.74 Å². The minimum atomic E-state index is -0.358. The zero-order valence-corrected chi connectivity index (χ0v) is 11.7. The third kappa shape index (κ3) is 1.72. The lowest BCUT2D eigenvalue weighted by molar-refractivity contribution is 0.0148. The van der Waals surface area contributed by atoms with E-state index < -0.39 is 0 Å². The second-order valence-corrected chi connectivity index (χ2v) is 5.23. The molecule has 4 nitrogen and oxygen atoms in total. The fraction of sp³-hybridized carbons (Fsp3) is 0.375. The summed E-state index contributed by atoms with van der Waals surface area (Å²) in [7, 11) is 1.50. The first kappa shape index (κ1) is 13.1. The highest BCUT2D eigenvalue weighted by molar-refractivity contribution is 6.28. The molecule has 1 heterocycles. The second-order valence-electron chi connectivity index (χ2n) is 5.23. The lowest BCUT2D eigenvalue weighted by Crippen LogP contribution is -2.36. The summed E-state index contributed by atoms with van der Waals surface area (Å²) in [6.45, 7) is 3.73. The van der Waals surface area contributed by atoms with Gasteiger partial charge in [0.2, 0.25) is 0 Å². The quantitative estimate of drug-likeness (QED) is 0.788. The van der Waals surface area contributed by atoms with E-state index in [0.29, 0.717) is 34.4 Å². The number of hydrogen-bond donors (Lipinski definition) is 0. The molecule has 0 unspecified atom stereocenters. The monoisotopic (exact) mass is 272 g/mol. The maximum Gasteiger partial charge on any atom is 0.196 e. The van der Waals surface area contributed by atoms with Gasteiger partial charge in [-0.05, 0) is 19.9 Å². The van der Waals surface area contributed by atoms with Crippen LogP contribution in [0.15, 0.2) is 29.3 Å². The molecular weight excluding hydrogens is 256 g/mol. The largest absolute Gasteiger partial charge is 0.496 e. The number of fused-ring (bicyclic) bond motifs is 1. The zero-order chi connectivity index (χ0) is 14.4. The smallest absolute Gasteiger partial charge is 0.196 e. The van der Waals surface area contributed by atoms with E-state index in [4.69, 9.17) is 9.47 Å². The molecular formula is C16H16O4. The molecule has 0 saturated heterocycles. The van der Waals surface area contributed by atoms with Gasteiger partial charge < -0.3 is 9.47 Å². The molecule has 1 aliphatic heterocycles. The average Bonchev–Trinajstić information content (AvgIpc) is 2.43. The van der Waals surface area contributed by atoms with Gasteiger partial charge >= 0.3 is 0 Å². The van der Waals surface area contributed by atoms with Crippen LogP contribution in [0.25, 0.3) is 0 Å². The molecule has 0 spiro atoms. The molecule has 0 saturated carbocycles. The van der Waals surface area contributed by atoms with Gasteiger partial charge in [-0.3, -0.25) is 9.59 Å². The summed E-state index contributed by atoms with van der Waals surface area (Å²) in [5.74, 6) is 0.222. The molecule has 2 aliphatic rings. The van der Waals surface area contributed by atoms with Crippen LogP contribution in [-0.4, -0.2) is 30.9 Å². The Kier molecular flexibility index (Phi) is 2.98. The Bertz CT molecular complexity index is 642. The highest BCUT2D eigenvalue weighted by Crippen LogP contribution is 2.38. The molecule has 20 heavy (non-hydrogen) atoms. The van der Waals surface area contributed by atoms with Crippen LogP contribution in [0.4, 0.5) is 0 Å². The number of benzene rings is 1. The number of hydrogen-bond acceptors (Lipinski definition) is 4. The summed E-state index contributed by atoms with van der Waals surface area (Å²) in [6, 6.07) is 5.12. The molecule has 0 bridgehead atoms. The third-order valence-corrected chi connectivity index (χ3v) is 3.90. The van der Waals surface area contributed by atoms with E-state index in [1.165, 1.54) is 7.11 Å². The SMILES string of the molecule is COc1cccc2c1C(=O)C1=C(C[C@@H](C)O[C@@H]1C)C2=O. The van der Waals surface area contributed by atoms with Gasteiger partial charge in [0.05, 0.1) is 24.9 Å². The Hall–Kier alpha value is -1.94. The third-order valence-electron chi connectivity index (χ3n) is 3.90. The maximum atomic E-state index is 12.7. The zero-order valence-electron chi connectivity index (χ0n) is 11.7. The van der Waals surface area contributed by atoms with Crippen LogP contribution >= 0.6 is 0 Å². The van der Waals surface area contributed by atoms with Crippen LogP contribution in [0.2, 0.25) is 0 Å². The molecule has 2 atom stereocenters. The number of ether oxygens (including phenoxy) is 2. The van der Waals surface area contributed by atoms with Crippen LogP contribution in [0.3, 0.4) is 0 Å². The molecule has 0 aromatic heterocycles. The van der Waals surface area contributed by atoms with Crippen molar-refractivity contribution in [2.75, 3.05) is 7.11 Å². The number of rotatable bonds is 1. The van der Waals surface area contributed by atoms with E-state index in [0.717, 1.165) is 0 Å². The van der Waals surface area contributed by atoms with Crippen molar-refractivity contribution in [1.29, 1.82) is 0 Å². The first-order chi connectivity index (χ1) is 9.54. The van der Waals surface area contributed by atoms with E-state index in [-0.39, 0.29) is 23.8 Å². The first-order valence-corrected chi connectivity index (χ1v) is 6.69. The van der Waals surface area contributed by atoms with Gasteiger partial charge in [0.15, 0.2) is 11.6 Å². The van der Waals surface area contributed by atoms with Crippen molar-refractivity contribution in [2.24, 2.45) is 0 Å². The number of carbonyl (C=O) groups excluding carboxylic acids is 2. The maximum absolute atomic E-state index is 12.7. The Balaban J connectivity index is 2.23. The lowest BCUT2D eigenvalue weighted by Gasteiger charge is -2.33. The number of methoxy groups -OCH3 is 1. The van der Waals surface area contributed by atoms with Gasteiger partial charge in [-0.25, -0.2) is 0 Å². The highest BCUT2D eigenvalue weighted by Gasteiger charge is 2.40. The molecule has 0 N–H and O–H groups in total. The predicted octanol–water partition coefficient (Wildman–Crippen LogP) is 2.57. The first-order valence-electron chi connectivity index (χ1n) is 6.69. The molecule has 104 valence electrons. The fourth-order valence-electron chi connectivity index (χ4n) is 3.07. The summed E-state index contributed by atoms with van der Waals surface area (Å²) >= 11 is 0. The molecule has 1 aromatic rings. The Labute approximate surface area is 117 Å². The molecule has 3 rings (SSSR count). The van der Waals surface area contributed by atoms with E-state index >= 15 is 0 Å². The predicted molar refractivity (Wildman–Crippen MR) is 73.3 cm³/mol.